The monoisotopic (exact) mass is 267 g/mol. The van der Waals surface area contributed by atoms with Crippen LogP contribution >= 0.6 is 15.9 Å². The number of hydrogen-bond donors (Lipinski definition) is 1. The van der Waals surface area contributed by atoms with Crippen molar-refractivity contribution in [1.82, 2.24) is 0 Å². The summed E-state index contributed by atoms with van der Waals surface area (Å²) in [4.78, 5) is 4.49. The minimum Gasteiger partial charge on any atom is -0.507 e. The van der Waals surface area contributed by atoms with Gasteiger partial charge >= 0.3 is 0 Å². The summed E-state index contributed by atoms with van der Waals surface area (Å²) in [7, 11) is 0. The third-order valence-electron chi connectivity index (χ3n) is 2.74. The van der Waals surface area contributed by atoms with Crippen molar-refractivity contribution in [2.45, 2.75) is 31.7 Å². The van der Waals surface area contributed by atoms with Crippen molar-refractivity contribution in [1.29, 1.82) is 0 Å². The molecule has 1 saturated carbocycles. The molecule has 3 heteroatoms. The minimum absolute atomic E-state index is 0.292. The first kappa shape index (κ1) is 10.7. The molecule has 0 unspecified atom stereocenters. The van der Waals surface area contributed by atoms with E-state index in [1.54, 1.807) is 12.3 Å². The highest BCUT2D eigenvalue weighted by Gasteiger charge is 2.12. The maximum Gasteiger partial charge on any atom is 0.124 e. The standard InChI is InChI=1S/C12H14BrNO/c13-10-5-6-12(15)9(7-10)8-14-11-3-1-2-4-11/h5-8,11,15H,1-4H2. The molecule has 0 heterocycles. The van der Waals surface area contributed by atoms with Crippen molar-refractivity contribution in [2.24, 2.45) is 4.99 Å². The van der Waals surface area contributed by atoms with Gasteiger partial charge in [0.1, 0.15) is 5.75 Å². The first-order valence-electron chi connectivity index (χ1n) is 5.27. The Morgan fingerprint density at radius 1 is 1.33 bits per heavy atom. The predicted molar refractivity (Wildman–Crippen MR) is 65.7 cm³/mol. The number of nitrogens with zero attached hydrogens (tertiary/aromatic N) is 1. The number of aromatic hydroxyl groups is 1. The maximum absolute atomic E-state index is 9.60. The average Bonchev–Trinajstić information content (AvgIpc) is 2.72. The molecule has 1 aromatic carbocycles. The number of aliphatic imine (C=N–C) groups is 1. The van der Waals surface area contributed by atoms with Crippen LogP contribution in [0, 0.1) is 0 Å². The Kier molecular flexibility index (Phi) is 3.41. The quantitative estimate of drug-likeness (QED) is 0.818. The van der Waals surface area contributed by atoms with Crippen molar-refractivity contribution in [3.8, 4) is 5.75 Å². The van der Waals surface area contributed by atoms with E-state index >= 15 is 0 Å². The van der Waals surface area contributed by atoms with Gasteiger partial charge in [-0.05, 0) is 31.0 Å². The molecule has 0 aliphatic heterocycles. The van der Waals surface area contributed by atoms with Crippen LogP contribution in [0.5, 0.6) is 5.75 Å². The molecular weight excluding hydrogens is 254 g/mol. The molecule has 1 aliphatic carbocycles. The molecule has 1 fully saturated rings. The summed E-state index contributed by atoms with van der Waals surface area (Å²) >= 11 is 3.38. The number of phenolic OH excluding ortho intramolecular Hbond substituents is 1. The van der Waals surface area contributed by atoms with Gasteiger partial charge in [0, 0.05) is 22.3 Å². The maximum atomic E-state index is 9.60. The Hall–Kier alpha value is -0.830. The fourth-order valence-corrected chi connectivity index (χ4v) is 2.25. The average molecular weight is 268 g/mol. The van der Waals surface area contributed by atoms with Crippen molar-refractivity contribution in [3.63, 3.8) is 0 Å². The lowest BCUT2D eigenvalue weighted by molar-refractivity contribution is 0.474. The lowest BCUT2D eigenvalue weighted by Gasteiger charge is -2.02. The van der Waals surface area contributed by atoms with E-state index in [2.05, 4.69) is 20.9 Å². The van der Waals surface area contributed by atoms with E-state index in [4.69, 9.17) is 0 Å². The highest BCUT2D eigenvalue weighted by Crippen LogP contribution is 2.23. The second-order valence-electron chi connectivity index (χ2n) is 3.92. The molecule has 0 radical (unpaired) electrons. The van der Waals surface area contributed by atoms with Gasteiger partial charge in [-0.15, -0.1) is 0 Å². The molecule has 0 atom stereocenters. The van der Waals surface area contributed by atoms with Crippen LogP contribution in [0.15, 0.2) is 27.7 Å². The van der Waals surface area contributed by atoms with Gasteiger partial charge in [-0.25, -0.2) is 0 Å². The van der Waals surface area contributed by atoms with Gasteiger partial charge in [-0.2, -0.15) is 0 Å². The van der Waals surface area contributed by atoms with Crippen molar-refractivity contribution < 1.29 is 5.11 Å². The zero-order valence-electron chi connectivity index (χ0n) is 8.49. The Morgan fingerprint density at radius 2 is 2.07 bits per heavy atom. The van der Waals surface area contributed by atoms with E-state index in [-0.39, 0.29) is 0 Å². The zero-order valence-corrected chi connectivity index (χ0v) is 10.1. The van der Waals surface area contributed by atoms with Crippen molar-refractivity contribution in [2.75, 3.05) is 0 Å². The number of benzene rings is 1. The third kappa shape index (κ3) is 2.81. The van der Waals surface area contributed by atoms with Crippen LogP contribution in [0.3, 0.4) is 0 Å². The number of rotatable bonds is 2. The van der Waals surface area contributed by atoms with E-state index in [9.17, 15) is 5.11 Å². The molecule has 0 aromatic heterocycles. The van der Waals surface area contributed by atoms with Crippen LogP contribution < -0.4 is 0 Å². The Balaban J connectivity index is 2.11. The molecule has 2 nitrogen and oxygen atoms in total. The normalized spacial score (nSPS) is 17.7. The van der Waals surface area contributed by atoms with Gasteiger partial charge in [0.25, 0.3) is 0 Å². The Bertz CT molecular complexity index is 370. The summed E-state index contributed by atoms with van der Waals surface area (Å²) in [6.45, 7) is 0. The number of hydrogen-bond acceptors (Lipinski definition) is 2. The molecular formula is C12H14BrNO. The number of phenols is 1. The fraction of sp³-hybridized carbons (Fsp3) is 0.417. The van der Waals surface area contributed by atoms with Crippen LogP contribution in [-0.4, -0.2) is 17.4 Å². The molecule has 0 amide bonds. The fourth-order valence-electron chi connectivity index (χ4n) is 1.87. The highest BCUT2D eigenvalue weighted by molar-refractivity contribution is 9.10. The smallest absolute Gasteiger partial charge is 0.124 e. The van der Waals surface area contributed by atoms with Crippen molar-refractivity contribution >= 4 is 22.1 Å². The molecule has 80 valence electrons. The van der Waals surface area contributed by atoms with Gasteiger partial charge in [0.2, 0.25) is 0 Å². The van der Waals surface area contributed by atoms with E-state index in [1.807, 2.05) is 12.1 Å². The molecule has 0 bridgehead atoms. The van der Waals surface area contributed by atoms with E-state index < -0.39 is 0 Å². The Morgan fingerprint density at radius 3 is 2.80 bits per heavy atom. The van der Waals surface area contributed by atoms with Crippen LogP contribution in [0.1, 0.15) is 31.2 Å². The van der Waals surface area contributed by atoms with Gasteiger partial charge in [-0.3, -0.25) is 4.99 Å². The van der Waals surface area contributed by atoms with Crippen LogP contribution in [0.4, 0.5) is 0 Å². The first-order chi connectivity index (χ1) is 7.25. The van der Waals surface area contributed by atoms with Crippen LogP contribution in [0.2, 0.25) is 0 Å². The lowest BCUT2D eigenvalue weighted by atomic mass is 10.2. The van der Waals surface area contributed by atoms with E-state index in [0.717, 1.165) is 10.0 Å². The third-order valence-corrected chi connectivity index (χ3v) is 3.23. The molecule has 15 heavy (non-hydrogen) atoms. The largest absolute Gasteiger partial charge is 0.507 e. The summed E-state index contributed by atoms with van der Waals surface area (Å²) in [5, 5.41) is 9.60. The second-order valence-corrected chi connectivity index (χ2v) is 4.84. The number of halogens is 1. The van der Waals surface area contributed by atoms with Gasteiger partial charge < -0.3 is 5.11 Å². The van der Waals surface area contributed by atoms with Gasteiger partial charge in [-0.1, -0.05) is 28.8 Å². The van der Waals surface area contributed by atoms with Crippen LogP contribution in [-0.2, 0) is 0 Å². The summed E-state index contributed by atoms with van der Waals surface area (Å²) in [5.41, 5.74) is 0.788. The summed E-state index contributed by atoms with van der Waals surface area (Å²) < 4.78 is 0.966. The van der Waals surface area contributed by atoms with Crippen molar-refractivity contribution in [3.05, 3.63) is 28.2 Å². The predicted octanol–water partition coefficient (Wildman–Crippen LogP) is 3.52. The summed E-state index contributed by atoms with van der Waals surface area (Å²) in [5.74, 6) is 0.292. The molecule has 1 aromatic rings. The molecule has 1 aliphatic rings. The first-order valence-corrected chi connectivity index (χ1v) is 6.07. The van der Waals surface area contributed by atoms with E-state index in [1.165, 1.54) is 25.7 Å². The summed E-state index contributed by atoms with van der Waals surface area (Å²) in [6.07, 6.45) is 6.73. The second kappa shape index (κ2) is 4.79. The highest BCUT2D eigenvalue weighted by atomic mass is 79.9. The van der Waals surface area contributed by atoms with Gasteiger partial charge in [0.05, 0.1) is 0 Å². The molecule has 2 rings (SSSR count). The molecule has 0 saturated heterocycles. The minimum atomic E-state index is 0.292. The van der Waals surface area contributed by atoms with Crippen LogP contribution in [0.25, 0.3) is 0 Å². The van der Waals surface area contributed by atoms with E-state index in [0.29, 0.717) is 11.8 Å². The molecule has 1 N–H and O–H groups in total. The van der Waals surface area contributed by atoms with Gasteiger partial charge in [0.15, 0.2) is 0 Å². The topological polar surface area (TPSA) is 32.6 Å². The summed E-state index contributed by atoms with van der Waals surface area (Å²) in [6, 6.07) is 5.85. The molecule has 0 spiro atoms. The SMILES string of the molecule is Oc1ccc(Br)cc1C=NC1CCCC1. The zero-order chi connectivity index (χ0) is 10.7. The Labute approximate surface area is 98.2 Å². The lowest BCUT2D eigenvalue weighted by Crippen LogP contribution is -1.96.